The van der Waals surface area contributed by atoms with Crippen molar-refractivity contribution in [1.82, 2.24) is 5.32 Å². The highest BCUT2D eigenvalue weighted by molar-refractivity contribution is 5.99. The highest BCUT2D eigenvalue weighted by Gasteiger charge is 2.26. The van der Waals surface area contributed by atoms with E-state index in [1.165, 1.54) is 19.3 Å². The SMILES string of the molecule is C=C(C)CN1C(=O)COc2cc(NC(=O)NC3CCCCC3)ccc21. The van der Waals surface area contributed by atoms with Crippen LogP contribution in [0.1, 0.15) is 39.0 Å². The van der Waals surface area contributed by atoms with E-state index in [2.05, 4.69) is 17.2 Å². The maximum Gasteiger partial charge on any atom is 0.319 e. The van der Waals surface area contributed by atoms with Crippen molar-refractivity contribution >= 4 is 23.3 Å². The summed E-state index contributed by atoms with van der Waals surface area (Å²) in [7, 11) is 0. The van der Waals surface area contributed by atoms with Gasteiger partial charge in [-0.25, -0.2) is 4.79 Å². The Morgan fingerprint density at radius 1 is 1.32 bits per heavy atom. The molecule has 1 aliphatic carbocycles. The quantitative estimate of drug-likeness (QED) is 0.823. The summed E-state index contributed by atoms with van der Waals surface area (Å²) in [4.78, 5) is 25.9. The Kier molecular flexibility index (Phi) is 5.26. The van der Waals surface area contributed by atoms with Gasteiger partial charge in [0.05, 0.1) is 5.69 Å². The molecule has 0 spiro atoms. The first kappa shape index (κ1) is 17.3. The Morgan fingerprint density at radius 2 is 2.08 bits per heavy atom. The van der Waals surface area contributed by atoms with Crippen molar-refractivity contribution < 1.29 is 14.3 Å². The van der Waals surface area contributed by atoms with E-state index in [0.717, 1.165) is 18.4 Å². The van der Waals surface area contributed by atoms with Gasteiger partial charge in [-0.3, -0.25) is 4.79 Å². The predicted octanol–water partition coefficient (Wildman–Crippen LogP) is 3.44. The van der Waals surface area contributed by atoms with Gasteiger partial charge in [0.15, 0.2) is 6.61 Å². The van der Waals surface area contributed by atoms with Gasteiger partial charge < -0.3 is 20.3 Å². The maximum atomic E-state index is 12.2. The minimum Gasteiger partial charge on any atom is -0.481 e. The number of nitrogens with zero attached hydrogens (tertiary/aromatic N) is 1. The zero-order valence-electron chi connectivity index (χ0n) is 14.6. The summed E-state index contributed by atoms with van der Waals surface area (Å²) in [6.07, 6.45) is 5.67. The van der Waals surface area contributed by atoms with Crippen LogP contribution < -0.4 is 20.3 Å². The van der Waals surface area contributed by atoms with E-state index in [1.54, 1.807) is 23.1 Å². The topological polar surface area (TPSA) is 70.7 Å². The van der Waals surface area contributed by atoms with Crippen molar-refractivity contribution in [3.63, 3.8) is 0 Å². The van der Waals surface area contributed by atoms with Crippen LogP contribution in [0, 0.1) is 0 Å². The molecular formula is C19H25N3O3. The number of anilines is 2. The smallest absolute Gasteiger partial charge is 0.319 e. The zero-order valence-corrected chi connectivity index (χ0v) is 14.6. The molecule has 1 aromatic rings. The summed E-state index contributed by atoms with van der Waals surface area (Å²) in [5.74, 6) is 0.502. The Balaban J connectivity index is 1.67. The predicted molar refractivity (Wildman–Crippen MR) is 98.1 cm³/mol. The minimum atomic E-state index is -0.197. The van der Waals surface area contributed by atoms with Crippen molar-refractivity contribution in [1.29, 1.82) is 0 Å². The number of hydrogen-bond acceptors (Lipinski definition) is 3. The molecule has 3 amide bonds. The summed E-state index contributed by atoms with van der Waals surface area (Å²) in [6.45, 7) is 6.21. The number of rotatable bonds is 4. The average Bonchev–Trinajstić information content (AvgIpc) is 2.58. The standard InChI is InChI=1S/C19H25N3O3/c1-13(2)11-22-16-9-8-15(10-17(16)25-12-18(22)23)21-19(24)20-14-6-4-3-5-7-14/h8-10,14H,1,3-7,11-12H2,2H3,(H2,20,21,24). The second-order valence-corrected chi connectivity index (χ2v) is 6.84. The zero-order chi connectivity index (χ0) is 17.8. The van der Waals surface area contributed by atoms with E-state index in [1.807, 2.05) is 6.92 Å². The average molecular weight is 343 g/mol. The van der Waals surface area contributed by atoms with E-state index in [-0.39, 0.29) is 24.6 Å². The molecule has 1 aliphatic heterocycles. The third-order valence-corrected chi connectivity index (χ3v) is 4.53. The van der Waals surface area contributed by atoms with Gasteiger partial charge >= 0.3 is 6.03 Å². The van der Waals surface area contributed by atoms with Gasteiger partial charge in [-0.1, -0.05) is 31.4 Å². The molecule has 134 valence electrons. The molecule has 1 fully saturated rings. The lowest BCUT2D eigenvalue weighted by Gasteiger charge is -2.30. The molecule has 1 aromatic carbocycles. The highest BCUT2D eigenvalue weighted by atomic mass is 16.5. The van der Waals surface area contributed by atoms with Crippen LogP contribution in [0.4, 0.5) is 16.2 Å². The number of benzene rings is 1. The number of urea groups is 1. The van der Waals surface area contributed by atoms with Gasteiger partial charge in [-0.2, -0.15) is 0 Å². The van der Waals surface area contributed by atoms with Crippen molar-refractivity contribution in [2.24, 2.45) is 0 Å². The first-order valence-corrected chi connectivity index (χ1v) is 8.82. The van der Waals surface area contributed by atoms with E-state index < -0.39 is 0 Å². The molecule has 6 nitrogen and oxygen atoms in total. The van der Waals surface area contributed by atoms with Crippen molar-refractivity contribution in [2.45, 2.75) is 45.1 Å². The normalized spacial score (nSPS) is 17.5. The van der Waals surface area contributed by atoms with Gasteiger partial charge in [0.2, 0.25) is 0 Å². The monoisotopic (exact) mass is 343 g/mol. The van der Waals surface area contributed by atoms with Crippen LogP contribution >= 0.6 is 0 Å². The van der Waals surface area contributed by atoms with Gasteiger partial charge in [-0.05, 0) is 31.9 Å². The number of amides is 3. The van der Waals surface area contributed by atoms with Gasteiger partial charge in [0.25, 0.3) is 5.91 Å². The van der Waals surface area contributed by atoms with Crippen molar-refractivity contribution in [3.8, 4) is 5.75 Å². The molecule has 0 radical (unpaired) electrons. The second kappa shape index (κ2) is 7.59. The lowest BCUT2D eigenvalue weighted by molar-refractivity contribution is -0.121. The molecular weight excluding hydrogens is 318 g/mol. The van der Waals surface area contributed by atoms with Gasteiger partial charge in [-0.15, -0.1) is 0 Å². The Morgan fingerprint density at radius 3 is 2.80 bits per heavy atom. The highest BCUT2D eigenvalue weighted by Crippen LogP contribution is 2.34. The molecule has 2 N–H and O–H groups in total. The van der Waals surface area contributed by atoms with Crippen LogP contribution in [-0.2, 0) is 4.79 Å². The van der Waals surface area contributed by atoms with E-state index in [4.69, 9.17) is 4.74 Å². The molecule has 0 unspecified atom stereocenters. The van der Waals surface area contributed by atoms with Crippen molar-refractivity contribution in [2.75, 3.05) is 23.4 Å². The van der Waals surface area contributed by atoms with E-state index >= 15 is 0 Å². The molecule has 0 atom stereocenters. The summed E-state index contributed by atoms with van der Waals surface area (Å²) in [6, 6.07) is 5.40. The fourth-order valence-electron chi connectivity index (χ4n) is 3.33. The molecule has 0 bridgehead atoms. The molecule has 6 heteroatoms. The largest absolute Gasteiger partial charge is 0.481 e. The van der Waals surface area contributed by atoms with Crippen LogP contribution in [0.3, 0.4) is 0 Å². The Labute approximate surface area is 148 Å². The molecule has 1 heterocycles. The van der Waals surface area contributed by atoms with Gasteiger partial charge in [0, 0.05) is 24.3 Å². The number of ether oxygens (including phenoxy) is 1. The second-order valence-electron chi connectivity index (χ2n) is 6.84. The molecule has 0 saturated heterocycles. The van der Waals surface area contributed by atoms with Crippen LogP contribution in [0.15, 0.2) is 30.4 Å². The molecule has 3 rings (SSSR count). The molecule has 2 aliphatic rings. The fourth-order valence-corrected chi connectivity index (χ4v) is 3.33. The van der Waals surface area contributed by atoms with Crippen LogP contribution in [-0.4, -0.2) is 31.1 Å². The molecule has 25 heavy (non-hydrogen) atoms. The maximum absolute atomic E-state index is 12.2. The number of fused-ring (bicyclic) bond motifs is 1. The lowest BCUT2D eigenvalue weighted by Crippen LogP contribution is -2.40. The van der Waals surface area contributed by atoms with Crippen LogP contribution in [0.2, 0.25) is 0 Å². The Hall–Kier alpha value is -2.50. The number of carbonyl (C=O) groups excluding carboxylic acids is 2. The first-order chi connectivity index (χ1) is 12.0. The molecule has 1 saturated carbocycles. The third kappa shape index (κ3) is 4.32. The van der Waals surface area contributed by atoms with E-state index in [9.17, 15) is 9.59 Å². The fraction of sp³-hybridized carbons (Fsp3) is 0.474. The number of hydrogen-bond donors (Lipinski definition) is 2. The van der Waals surface area contributed by atoms with Gasteiger partial charge in [0.1, 0.15) is 5.75 Å². The summed E-state index contributed by atoms with van der Waals surface area (Å²) in [5.41, 5.74) is 2.25. The summed E-state index contributed by atoms with van der Waals surface area (Å²) >= 11 is 0. The minimum absolute atomic E-state index is 0.00198. The summed E-state index contributed by atoms with van der Waals surface area (Å²) in [5, 5.41) is 5.88. The number of carbonyl (C=O) groups is 2. The van der Waals surface area contributed by atoms with E-state index in [0.29, 0.717) is 23.7 Å². The lowest BCUT2D eigenvalue weighted by atomic mass is 9.96. The van der Waals surface area contributed by atoms with Crippen molar-refractivity contribution in [3.05, 3.63) is 30.4 Å². The van der Waals surface area contributed by atoms with Crippen LogP contribution in [0.25, 0.3) is 0 Å². The Bertz CT molecular complexity index is 680. The first-order valence-electron chi connectivity index (χ1n) is 8.82. The number of nitrogens with one attached hydrogen (secondary N) is 2. The third-order valence-electron chi connectivity index (χ3n) is 4.53. The molecule has 0 aromatic heterocycles. The summed E-state index contributed by atoms with van der Waals surface area (Å²) < 4.78 is 5.53. The van der Waals surface area contributed by atoms with Crippen LogP contribution in [0.5, 0.6) is 5.75 Å².